The first kappa shape index (κ1) is 18.2. The molecular weight excluding hydrogens is 354 g/mol. The molecule has 2 aromatic carbocycles. The molecule has 4 rings (SSSR count). The number of methoxy groups -OCH3 is 1. The SMILES string of the molecule is COC(=O)Cc1c(C)c2c(c(C)c1-c1ccc(C)cc1)OCc1c(C)nnn1-2. The van der Waals surface area contributed by atoms with Gasteiger partial charge in [-0.3, -0.25) is 4.79 Å². The number of aromatic nitrogens is 3. The van der Waals surface area contributed by atoms with Crippen LogP contribution in [0.4, 0.5) is 0 Å². The van der Waals surface area contributed by atoms with Crippen molar-refractivity contribution < 1.29 is 14.3 Å². The lowest BCUT2D eigenvalue weighted by molar-refractivity contribution is -0.139. The van der Waals surface area contributed by atoms with Crippen molar-refractivity contribution in [3.63, 3.8) is 0 Å². The molecule has 0 radical (unpaired) electrons. The Morgan fingerprint density at radius 2 is 1.86 bits per heavy atom. The van der Waals surface area contributed by atoms with E-state index < -0.39 is 0 Å². The summed E-state index contributed by atoms with van der Waals surface area (Å²) in [6, 6.07) is 8.31. The van der Waals surface area contributed by atoms with Crippen molar-refractivity contribution in [2.24, 2.45) is 0 Å². The van der Waals surface area contributed by atoms with Crippen LogP contribution >= 0.6 is 0 Å². The molecule has 0 amide bonds. The van der Waals surface area contributed by atoms with Crippen molar-refractivity contribution in [1.82, 2.24) is 15.0 Å². The number of carbonyl (C=O) groups excluding carboxylic acids is 1. The van der Waals surface area contributed by atoms with E-state index in [4.69, 9.17) is 9.47 Å². The van der Waals surface area contributed by atoms with Crippen molar-refractivity contribution in [3.8, 4) is 22.6 Å². The van der Waals surface area contributed by atoms with Gasteiger partial charge in [0.05, 0.1) is 19.2 Å². The summed E-state index contributed by atoms with van der Waals surface area (Å²) < 4.78 is 13.0. The lowest BCUT2D eigenvalue weighted by Gasteiger charge is -2.27. The normalized spacial score (nSPS) is 12.2. The molecule has 1 aliphatic heterocycles. The van der Waals surface area contributed by atoms with Crippen molar-refractivity contribution in [2.75, 3.05) is 7.11 Å². The minimum atomic E-state index is -0.275. The Balaban J connectivity index is 2.03. The maximum atomic E-state index is 12.2. The summed E-state index contributed by atoms with van der Waals surface area (Å²) in [6.45, 7) is 8.44. The number of hydrogen-bond donors (Lipinski definition) is 0. The van der Waals surface area contributed by atoms with Gasteiger partial charge in [0.1, 0.15) is 23.7 Å². The Bertz CT molecular complexity index is 1080. The average Bonchev–Trinajstić information content (AvgIpc) is 3.07. The van der Waals surface area contributed by atoms with E-state index in [0.29, 0.717) is 6.61 Å². The molecule has 144 valence electrons. The maximum absolute atomic E-state index is 12.2. The highest BCUT2D eigenvalue weighted by atomic mass is 16.5. The number of ether oxygens (including phenoxy) is 2. The molecule has 0 aliphatic carbocycles. The van der Waals surface area contributed by atoms with Gasteiger partial charge in [-0.1, -0.05) is 35.0 Å². The number of carbonyl (C=O) groups is 1. The van der Waals surface area contributed by atoms with Gasteiger partial charge < -0.3 is 9.47 Å². The minimum absolute atomic E-state index is 0.183. The van der Waals surface area contributed by atoms with Crippen LogP contribution < -0.4 is 4.74 Å². The molecule has 6 heteroatoms. The topological polar surface area (TPSA) is 66.2 Å². The molecule has 2 heterocycles. The van der Waals surface area contributed by atoms with Crippen molar-refractivity contribution >= 4 is 5.97 Å². The van der Waals surface area contributed by atoms with Crippen molar-refractivity contribution in [2.45, 2.75) is 40.7 Å². The summed E-state index contributed by atoms with van der Waals surface area (Å²) in [5.74, 6) is 0.515. The van der Waals surface area contributed by atoms with Crippen LogP contribution in [0.3, 0.4) is 0 Å². The predicted octanol–water partition coefficient (Wildman–Crippen LogP) is 3.78. The number of nitrogens with zero attached hydrogens (tertiary/aromatic N) is 3. The average molecular weight is 377 g/mol. The van der Waals surface area contributed by atoms with Crippen LogP contribution in [0.1, 0.15) is 33.6 Å². The monoisotopic (exact) mass is 377 g/mol. The molecule has 0 saturated carbocycles. The Labute approximate surface area is 164 Å². The fraction of sp³-hybridized carbons (Fsp3) is 0.318. The van der Waals surface area contributed by atoms with Gasteiger partial charge in [-0.05, 0) is 49.9 Å². The summed E-state index contributed by atoms with van der Waals surface area (Å²) >= 11 is 0. The highest BCUT2D eigenvalue weighted by Gasteiger charge is 2.29. The van der Waals surface area contributed by atoms with Crippen LogP contribution in [0, 0.1) is 27.7 Å². The second kappa shape index (κ2) is 6.78. The third-order valence-corrected chi connectivity index (χ3v) is 5.45. The quantitative estimate of drug-likeness (QED) is 0.650. The Morgan fingerprint density at radius 3 is 2.54 bits per heavy atom. The van der Waals surface area contributed by atoms with Gasteiger partial charge in [-0.25, -0.2) is 4.68 Å². The second-order valence-electron chi connectivity index (χ2n) is 7.22. The molecule has 0 saturated heterocycles. The number of benzene rings is 2. The maximum Gasteiger partial charge on any atom is 0.310 e. The summed E-state index contributed by atoms with van der Waals surface area (Å²) in [6.07, 6.45) is 0.183. The van der Waals surface area contributed by atoms with Crippen molar-refractivity contribution in [1.29, 1.82) is 0 Å². The Hall–Kier alpha value is -3.15. The zero-order chi connectivity index (χ0) is 20.0. The van der Waals surface area contributed by atoms with Crippen LogP contribution in [-0.2, 0) is 22.6 Å². The molecule has 6 nitrogen and oxygen atoms in total. The van der Waals surface area contributed by atoms with Crippen molar-refractivity contribution in [3.05, 3.63) is 57.9 Å². The molecule has 0 bridgehead atoms. The van der Waals surface area contributed by atoms with Crippen LogP contribution in [0.5, 0.6) is 5.75 Å². The number of aryl methyl sites for hydroxylation is 2. The third-order valence-electron chi connectivity index (χ3n) is 5.45. The molecule has 28 heavy (non-hydrogen) atoms. The lowest BCUT2D eigenvalue weighted by Crippen LogP contribution is -2.19. The number of fused-ring (bicyclic) bond motifs is 3. The van der Waals surface area contributed by atoms with Crippen LogP contribution in [-0.4, -0.2) is 28.1 Å². The highest BCUT2D eigenvalue weighted by molar-refractivity contribution is 5.84. The van der Waals surface area contributed by atoms with E-state index in [-0.39, 0.29) is 12.4 Å². The van der Waals surface area contributed by atoms with Gasteiger partial charge >= 0.3 is 5.97 Å². The summed E-state index contributed by atoms with van der Waals surface area (Å²) in [7, 11) is 1.41. The minimum Gasteiger partial charge on any atom is -0.485 e. The van der Waals surface area contributed by atoms with Gasteiger partial charge in [-0.15, -0.1) is 5.10 Å². The standard InChI is InChI=1S/C22H23N3O3/c1-12-6-8-16(9-7-12)20-14(3)22-21(13(2)17(20)10-19(26)27-5)25-18(11-28-22)15(4)23-24-25/h6-9H,10-11H2,1-5H3. The fourth-order valence-corrected chi connectivity index (χ4v) is 3.86. The van der Waals surface area contributed by atoms with E-state index in [1.165, 1.54) is 12.7 Å². The molecule has 1 aliphatic rings. The van der Waals surface area contributed by atoms with E-state index in [2.05, 4.69) is 41.5 Å². The lowest BCUT2D eigenvalue weighted by atomic mass is 9.87. The highest BCUT2D eigenvalue weighted by Crippen LogP contribution is 2.44. The predicted molar refractivity (Wildman–Crippen MR) is 106 cm³/mol. The number of rotatable bonds is 3. The van der Waals surface area contributed by atoms with Gasteiger partial charge in [0.2, 0.25) is 0 Å². The van der Waals surface area contributed by atoms with E-state index in [0.717, 1.165) is 50.6 Å². The number of hydrogen-bond acceptors (Lipinski definition) is 5. The molecule has 0 N–H and O–H groups in total. The molecule has 3 aromatic rings. The van der Waals surface area contributed by atoms with E-state index in [1.54, 1.807) is 0 Å². The smallest absolute Gasteiger partial charge is 0.310 e. The molecule has 0 atom stereocenters. The summed E-state index contributed by atoms with van der Waals surface area (Å²) in [5.41, 5.74) is 8.76. The zero-order valence-electron chi connectivity index (χ0n) is 16.8. The Morgan fingerprint density at radius 1 is 1.14 bits per heavy atom. The van der Waals surface area contributed by atoms with E-state index >= 15 is 0 Å². The molecule has 0 unspecified atom stereocenters. The van der Waals surface area contributed by atoms with Crippen LogP contribution in [0.2, 0.25) is 0 Å². The molecule has 0 spiro atoms. The first-order valence-electron chi connectivity index (χ1n) is 9.26. The van der Waals surface area contributed by atoms with E-state index in [9.17, 15) is 4.79 Å². The summed E-state index contributed by atoms with van der Waals surface area (Å²) in [4.78, 5) is 12.2. The molecule has 1 aromatic heterocycles. The third kappa shape index (κ3) is 2.76. The first-order valence-corrected chi connectivity index (χ1v) is 9.26. The first-order chi connectivity index (χ1) is 13.4. The van der Waals surface area contributed by atoms with E-state index in [1.807, 2.05) is 25.5 Å². The van der Waals surface area contributed by atoms with Gasteiger partial charge in [0.15, 0.2) is 0 Å². The van der Waals surface area contributed by atoms with Crippen LogP contribution in [0.15, 0.2) is 24.3 Å². The fourth-order valence-electron chi connectivity index (χ4n) is 3.86. The number of esters is 1. The molecular formula is C22H23N3O3. The Kier molecular flexibility index (Phi) is 4.41. The van der Waals surface area contributed by atoms with Gasteiger partial charge in [0, 0.05) is 5.56 Å². The summed E-state index contributed by atoms with van der Waals surface area (Å²) in [5, 5.41) is 8.53. The largest absolute Gasteiger partial charge is 0.485 e. The van der Waals surface area contributed by atoms with Gasteiger partial charge in [0.25, 0.3) is 0 Å². The van der Waals surface area contributed by atoms with Gasteiger partial charge in [-0.2, -0.15) is 0 Å². The zero-order valence-corrected chi connectivity index (χ0v) is 16.8. The molecule has 0 fully saturated rings. The second-order valence-corrected chi connectivity index (χ2v) is 7.22. The van der Waals surface area contributed by atoms with Crippen LogP contribution in [0.25, 0.3) is 16.8 Å².